The fourth-order valence-corrected chi connectivity index (χ4v) is 3.03. The molecule has 0 radical (unpaired) electrons. The van der Waals surface area contributed by atoms with E-state index in [9.17, 15) is 0 Å². The van der Waals surface area contributed by atoms with Gasteiger partial charge in [-0.15, -0.1) is 0 Å². The Bertz CT molecular complexity index is 802. The van der Waals surface area contributed by atoms with Crippen LogP contribution in [0.3, 0.4) is 0 Å². The Balaban J connectivity index is 1.71. The van der Waals surface area contributed by atoms with Gasteiger partial charge in [-0.05, 0) is 42.3 Å². The van der Waals surface area contributed by atoms with Crippen LogP contribution in [0.2, 0.25) is 0 Å². The van der Waals surface area contributed by atoms with Gasteiger partial charge in [-0.2, -0.15) is 0 Å². The fourth-order valence-electron chi connectivity index (χ4n) is 3.03. The number of ether oxygens (including phenoxy) is 2. The lowest BCUT2D eigenvalue weighted by atomic mass is 10.0. The second kappa shape index (κ2) is 9.95. The Morgan fingerprint density at radius 1 is 0.885 bits per heavy atom. The van der Waals surface area contributed by atoms with Crippen LogP contribution in [0.15, 0.2) is 66.7 Å². The van der Waals surface area contributed by atoms with Crippen LogP contribution in [-0.4, -0.2) is 19.8 Å². The van der Waals surface area contributed by atoms with Gasteiger partial charge >= 0.3 is 0 Å². The van der Waals surface area contributed by atoms with E-state index >= 15 is 0 Å². The molecule has 3 nitrogen and oxygen atoms in total. The zero-order valence-corrected chi connectivity index (χ0v) is 15.4. The molecule has 136 valence electrons. The minimum atomic E-state index is 0.580. The topological polar surface area (TPSA) is 30.5 Å². The third-order valence-electron chi connectivity index (χ3n) is 4.38. The zero-order valence-electron chi connectivity index (χ0n) is 15.4. The molecule has 3 rings (SSSR count). The molecule has 3 aromatic rings. The highest BCUT2D eigenvalue weighted by Crippen LogP contribution is 2.28. The molecule has 0 aliphatic carbocycles. The van der Waals surface area contributed by atoms with Crippen molar-refractivity contribution in [1.29, 1.82) is 0 Å². The van der Waals surface area contributed by atoms with Crippen LogP contribution in [0.5, 0.6) is 5.75 Å². The molecule has 0 unspecified atom stereocenters. The number of hydrogen-bond acceptors (Lipinski definition) is 3. The predicted molar refractivity (Wildman–Crippen MR) is 108 cm³/mol. The van der Waals surface area contributed by atoms with Crippen molar-refractivity contribution in [2.75, 3.05) is 19.8 Å². The van der Waals surface area contributed by atoms with Gasteiger partial charge in [0.15, 0.2) is 0 Å². The average molecular weight is 349 g/mol. The Kier molecular flexibility index (Phi) is 7.05. The van der Waals surface area contributed by atoms with E-state index in [-0.39, 0.29) is 0 Å². The number of nitrogens with one attached hydrogen (secondary N) is 1. The molecule has 0 saturated carbocycles. The maximum Gasteiger partial charge on any atom is 0.124 e. The summed E-state index contributed by atoms with van der Waals surface area (Å²) in [5.41, 5.74) is 2.40. The van der Waals surface area contributed by atoms with Crippen LogP contribution < -0.4 is 10.1 Å². The minimum Gasteiger partial charge on any atom is -0.489 e. The van der Waals surface area contributed by atoms with Crippen molar-refractivity contribution in [3.8, 4) is 5.75 Å². The quantitative estimate of drug-likeness (QED) is 0.526. The first-order valence-electron chi connectivity index (χ1n) is 9.34. The summed E-state index contributed by atoms with van der Waals surface area (Å²) in [6.45, 7) is 5.91. The predicted octanol–water partition coefficient (Wildman–Crippen LogP) is 4.94. The van der Waals surface area contributed by atoms with E-state index in [4.69, 9.17) is 9.47 Å². The van der Waals surface area contributed by atoms with Crippen molar-refractivity contribution in [2.45, 2.75) is 26.5 Å². The summed E-state index contributed by atoms with van der Waals surface area (Å²) in [5.74, 6) is 0.949. The van der Waals surface area contributed by atoms with Gasteiger partial charge in [-0.25, -0.2) is 0 Å². The largest absolute Gasteiger partial charge is 0.489 e. The first-order valence-corrected chi connectivity index (χ1v) is 9.34. The smallest absolute Gasteiger partial charge is 0.124 e. The standard InChI is InChI=1S/C23H27NO2/c1-2-25-16-8-15-24-17-22-21-12-7-6-11-20(21)13-14-23(22)26-18-19-9-4-3-5-10-19/h3-7,9-14,24H,2,8,15-18H2,1H3. The van der Waals surface area contributed by atoms with Crippen LogP contribution in [0.1, 0.15) is 24.5 Å². The van der Waals surface area contributed by atoms with E-state index in [1.165, 1.54) is 21.9 Å². The van der Waals surface area contributed by atoms with Gasteiger partial charge in [0.1, 0.15) is 12.4 Å². The van der Waals surface area contributed by atoms with Crippen molar-refractivity contribution in [3.63, 3.8) is 0 Å². The molecule has 0 amide bonds. The Labute approximate surface area is 156 Å². The Morgan fingerprint density at radius 3 is 2.54 bits per heavy atom. The lowest BCUT2D eigenvalue weighted by molar-refractivity contribution is 0.144. The van der Waals surface area contributed by atoms with Crippen LogP contribution in [0.4, 0.5) is 0 Å². The molecular formula is C23H27NO2. The van der Waals surface area contributed by atoms with Gasteiger partial charge in [0.05, 0.1) is 0 Å². The summed E-state index contributed by atoms with van der Waals surface area (Å²) in [4.78, 5) is 0. The van der Waals surface area contributed by atoms with Gasteiger partial charge in [-0.1, -0.05) is 60.7 Å². The molecule has 3 heteroatoms. The molecule has 1 N–H and O–H groups in total. The minimum absolute atomic E-state index is 0.580. The van der Waals surface area contributed by atoms with Crippen LogP contribution in [0, 0.1) is 0 Å². The normalized spacial score (nSPS) is 11.0. The highest BCUT2D eigenvalue weighted by molar-refractivity contribution is 5.87. The summed E-state index contributed by atoms with van der Waals surface area (Å²) >= 11 is 0. The van der Waals surface area contributed by atoms with Crippen LogP contribution >= 0.6 is 0 Å². The van der Waals surface area contributed by atoms with E-state index in [2.05, 4.69) is 53.8 Å². The lowest BCUT2D eigenvalue weighted by Crippen LogP contribution is -2.17. The summed E-state index contributed by atoms with van der Waals surface area (Å²) in [6, 6.07) is 23.0. The first kappa shape index (κ1) is 18.4. The monoisotopic (exact) mass is 349 g/mol. The number of benzene rings is 3. The van der Waals surface area contributed by atoms with E-state index in [1.54, 1.807) is 0 Å². The molecule has 0 spiro atoms. The SMILES string of the molecule is CCOCCCNCc1c(OCc2ccccc2)ccc2ccccc12. The van der Waals surface area contributed by atoms with Crippen molar-refractivity contribution in [1.82, 2.24) is 5.32 Å². The van der Waals surface area contributed by atoms with Crippen molar-refractivity contribution in [3.05, 3.63) is 77.9 Å². The Morgan fingerprint density at radius 2 is 1.69 bits per heavy atom. The van der Waals surface area contributed by atoms with Crippen molar-refractivity contribution >= 4 is 10.8 Å². The summed E-state index contributed by atoms with van der Waals surface area (Å²) in [6.07, 6.45) is 1.01. The zero-order chi connectivity index (χ0) is 18.0. The van der Waals surface area contributed by atoms with Crippen LogP contribution in [0.25, 0.3) is 10.8 Å². The summed E-state index contributed by atoms with van der Waals surface area (Å²) in [5, 5.41) is 6.02. The summed E-state index contributed by atoms with van der Waals surface area (Å²) < 4.78 is 11.6. The van der Waals surface area contributed by atoms with Gasteiger partial charge in [0, 0.05) is 25.3 Å². The van der Waals surface area contributed by atoms with E-state index in [0.29, 0.717) is 6.61 Å². The molecule has 26 heavy (non-hydrogen) atoms. The van der Waals surface area contributed by atoms with Gasteiger partial charge in [-0.3, -0.25) is 0 Å². The number of fused-ring (bicyclic) bond motifs is 1. The molecule has 3 aromatic carbocycles. The second-order valence-corrected chi connectivity index (χ2v) is 6.26. The van der Waals surface area contributed by atoms with E-state index in [1.807, 2.05) is 25.1 Å². The highest BCUT2D eigenvalue weighted by atomic mass is 16.5. The maximum atomic E-state index is 6.16. The van der Waals surface area contributed by atoms with E-state index in [0.717, 1.165) is 38.5 Å². The summed E-state index contributed by atoms with van der Waals surface area (Å²) in [7, 11) is 0. The molecule has 0 heterocycles. The molecule has 0 saturated heterocycles. The van der Waals surface area contributed by atoms with Gasteiger partial charge in [0.2, 0.25) is 0 Å². The third-order valence-corrected chi connectivity index (χ3v) is 4.38. The average Bonchev–Trinajstić information content (AvgIpc) is 2.70. The molecule has 0 aromatic heterocycles. The maximum absolute atomic E-state index is 6.16. The van der Waals surface area contributed by atoms with E-state index < -0.39 is 0 Å². The molecule has 0 fully saturated rings. The van der Waals surface area contributed by atoms with Crippen molar-refractivity contribution < 1.29 is 9.47 Å². The van der Waals surface area contributed by atoms with Gasteiger partial charge < -0.3 is 14.8 Å². The fraction of sp³-hybridized carbons (Fsp3) is 0.304. The first-order chi connectivity index (χ1) is 12.9. The highest BCUT2D eigenvalue weighted by Gasteiger charge is 2.09. The van der Waals surface area contributed by atoms with Crippen molar-refractivity contribution in [2.24, 2.45) is 0 Å². The molecule has 0 atom stereocenters. The lowest BCUT2D eigenvalue weighted by Gasteiger charge is -2.15. The molecule has 0 bridgehead atoms. The third kappa shape index (κ3) is 5.07. The molecular weight excluding hydrogens is 322 g/mol. The molecule has 0 aliphatic rings. The Hall–Kier alpha value is -2.36. The number of rotatable bonds is 10. The second-order valence-electron chi connectivity index (χ2n) is 6.26. The van der Waals surface area contributed by atoms with Gasteiger partial charge in [0.25, 0.3) is 0 Å². The number of hydrogen-bond donors (Lipinski definition) is 1. The molecule has 0 aliphatic heterocycles. The van der Waals surface area contributed by atoms with Crippen LogP contribution in [-0.2, 0) is 17.9 Å².